The minimum atomic E-state index is -4.74. The zero-order valence-corrected chi connectivity index (χ0v) is 18.0. The molecule has 2 atom stereocenters. The van der Waals surface area contributed by atoms with E-state index in [0.717, 1.165) is 31.2 Å². The Balaban J connectivity index is 1.55. The van der Waals surface area contributed by atoms with E-state index in [4.69, 9.17) is 0 Å². The van der Waals surface area contributed by atoms with Crippen molar-refractivity contribution in [1.29, 1.82) is 0 Å². The number of rotatable bonds is 5. The number of nitrogens with one attached hydrogen (secondary N) is 1. The first-order chi connectivity index (χ1) is 15.7. The minimum Gasteiger partial charge on any atom is -0.348 e. The topological polar surface area (TPSA) is 88.3 Å². The van der Waals surface area contributed by atoms with E-state index in [9.17, 15) is 22.8 Å². The van der Waals surface area contributed by atoms with Crippen LogP contribution in [0.25, 0.3) is 11.4 Å². The van der Waals surface area contributed by atoms with E-state index in [0.29, 0.717) is 17.7 Å². The van der Waals surface area contributed by atoms with E-state index in [-0.39, 0.29) is 35.3 Å². The molecule has 1 saturated carbocycles. The van der Waals surface area contributed by atoms with Crippen LogP contribution in [0.5, 0.6) is 0 Å². The second-order valence-corrected chi connectivity index (χ2v) is 8.24. The van der Waals surface area contributed by atoms with Crippen molar-refractivity contribution in [2.24, 2.45) is 0 Å². The van der Waals surface area contributed by atoms with Gasteiger partial charge in [-0.3, -0.25) is 9.59 Å². The molecule has 2 unspecified atom stereocenters. The van der Waals surface area contributed by atoms with Gasteiger partial charge in [-0.15, -0.1) is 0 Å². The summed E-state index contributed by atoms with van der Waals surface area (Å²) in [4.78, 5) is 30.9. The van der Waals surface area contributed by atoms with Crippen molar-refractivity contribution in [1.82, 2.24) is 20.4 Å². The number of allylic oxidation sites excluding steroid dienone is 2. The van der Waals surface area contributed by atoms with Crippen LogP contribution in [0, 0.1) is 0 Å². The Bertz CT molecular complexity index is 1120. The SMILES string of the molecule is C=C/C=C(\C)C(=O)NC1CCCCC1N1Cc2ccc(-c3noc(C(F)(F)F)n3)cc2C1=O. The van der Waals surface area contributed by atoms with Crippen LogP contribution >= 0.6 is 0 Å². The summed E-state index contributed by atoms with van der Waals surface area (Å²) in [6.45, 7) is 5.68. The summed E-state index contributed by atoms with van der Waals surface area (Å²) in [5.74, 6) is -2.09. The highest BCUT2D eigenvalue weighted by Gasteiger charge is 2.40. The lowest BCUT2D eigenvalue weighted by molar-refractivity contribution is -0.159. The maximum atomic E-state index is 13.3. The molecular formula is C23H23F3N4O3. The van der Waals surface area contributed by atoms with Crippen molar-refractivity contribution in [2.75, 3.05) is 0 Å². The van der Waals surface area contributed by atoms with Gasteiger partial charge in [-0.05, 0) is 31.4 Å². The fourth-order valence-corrected chi connectivity index (χ4v) is 4.37. The molecule has 2 aromatic rings. The summed E-state index contributed by atoms with van der Waals surface area (Å²) in [6.07, 6.45) is 1.83. The Kier molecular flexibility index (Phi) is 6.09. The Morgan fingerprint density at radius 1 is 1.30 bits per heavy atom. The number of hydrogen-bond acceptors (Lipinski definition) is 5. The van der Waals surface area contributed by atoms with E-state index in [1.54, 1.807) is 36.1 Å². The van der Waals surface area contributed by atoms with Gasteiger partial charge in [0.25, 0.3) is 5.91 Å². The zero-order valence-electron chi connectivity index (χ0n) is 18.0. The first kappa shape index (κ1) is 22.8. The van der Waals surface area contributed by atoms with Crippen molar-refractivity contribution < 1.29 is 27.3 Å². The predicted octanol–water partition coefficient (Wildman–Crippen LogP) is 4.27. The highest BCUT2D eigenvalue weighted by atomic mass is 19.4. The average molecular weight is 460 g/mol. The van der Waals surface area contributed by atoms with Gasteiger partial charge in [-0.25, -0.2) is 0 Å². The van der Waals surface area contributed by atoms with E-state index >= 15 is 0 Å². The van der Waals surface area contributed by atoms with Crippen LogP contribution in [-0.2, 0) is 17.5 Å². The molecule has 7 nitrogen and oxygen atoms in total. The lowest BCUT2D eigenvalue weighted by atomic mass is 9.89. The van der Waals surface area contributed by atoms with Gasteiger partial charge < -0.3 is 14.7 Å². The molecule has 10 heteroatoms. The van der Waals surface area contributed by atoms with Gasteiger partial charge in [0.1, 0.15) is 0 Å². The number of benzene rings is 1. The summed E-state index contributed by atoms with van der Waals surface area (Å²) in [5, 5.41) is 6.44. The van der Waals surface area contributed by atoms with Crippen LogP contribution in [0.4, 0.5) is 13.2 Å². The molecule has 2 aliphatic rings. The number of nitrogens with zero attached hydrogens (tertiary/aromatic N) is 3. The summed E-state index contributed by atoms with van der Waals surface area (Å²) in [5.41, 5.74) is 1.96. The van der Waals surface area contributed by atoms with Crippen LogP contribution in [0.2, 0.25) is 0 Å². The molecule has 0 spiro atoms. The van der Waals surface area contributed by atoms with Crippen LogP contribution in [0.15, 0.2) is 47.0 Å². The molecule has 174 valence electrons. The fraction of sp³-hybridized carbons (Fsp3) is 0.391. The van der Waals surface area contributed by atoms with Crippen LogP contribution in [-0.4, -0.2) is 38.9 Å². The quantitative estimate of drug-likeness (QED) is 0.532. The molecule has 1 aromatic heterocycles. The Morgan fingerprint density at radius 3 is 2.76 bits per heavy atom. The second-order valence-electron chi connectivity index (χ2n) is 8.24. The molecule has 0 bridgehead atoms. The molecule has 1 N–H and O–H groups in total. The standard InChI is InChI=1S/C23H23F3N4O3/c1-3-6-13(2)20(31)27-17-7-4-5-8-18(17)30-12-15-10-9-14(11-16(15)21(30)32)19-28-22(33-29-19)23(24,25)26/h3,6,9-11,17-18H,1,4-5,7-8,12H2,2H3,(H,27,31)/b13-6+. The summed E-state index contributed by atoms with van der Waals surface area (Å²) < 4.78 is 42.6. The number of fused-ring (bicyclic) bond motifs is 1. The molecule has 1 aliphatic carbocycles. The molecule has 1 fully saturated rings. The number of halogens is 3. The van der Waals surface area contributed by atoms with E-state index in [1.807, 2.05) is 0 Å². The molecule has 33 heavy (non-hydrogen) atoms. The van der Waals surface area contributed by atoms with Gasteiger partial charge in [0.2, 0.25) is 11.7 Å². The Labute approximate surface area is 188 Å². The molecule has 0 radical (unpaired) electrons. The lowest BCUT2D eigenvalue weighted by Crippen LogP contribution is -2.53. The average Bonchev–Trinajstić information content (AvgIpc) is 3.40. The Morgan fingerprint density at radius 2 is 2.06 bits per heavy atom. The van der Waals surface area contributed by atoms with E-state index < -0.39 is 12.1 Å². The number of aromatic nitrogens is 2. The molecule has 2 amide bonds. The van der Waals surface area contributed by atoms with Crippen molar-refractivity contribution in [3.8, 4) is 11.4 Å². The second kappa shape index (κ2) is 8.84. The number of alkyl halides is 3. The monoisotopic (exact) mass is 460 g/mol. The summed E-state index contributed by atoms with van der Waals surface area (Å²) in [6, 6.07) is 4.40. The number of amides is 2. The van der Waals surface area contributed by atoms with Crippen molar-refractivity contribution in [3.05, 3.63) is 59.5 Å². The normalized spacial score (nSPS) is 21.2. The smallest absolute Gasteiger partial charge is 0.348 e. The highest BCUT2D eigenvalue weighted by molar-refractivity contribution is 5.99. The first-order valence-electron chi connectivity index (χ1n) is 10.6. The van der Waals surface area contributed by atoms with Crippen molar-refractivity contribution in [2.45, 2.75) is 57.4 Å². The molecule has 2 heterocycles. The molecular weight excluding hydrogens is 437 g/mol. The molecule has 0 saturated heterocycles. The number of carbonyl (C=O) groups excluding carboxylic acids is 2. The van der Waals surface area contributed by atoms with E-state index in [1.165, 1.54) is 6.07 Å². The predicted molar refractivity (Wildman–Crippen MR) is 113 cm³/mol. The third kappa shape index (κ3) is 4.55. The minimum absolute atomic E-state index is 0.176. The molecule has 1 aromatic carbocycles. The summed E-state index contributed by atoms with van der Waals surface area (Å²) in [7, 11) is 0. The van der Waals surface area contributed by atoms with Gasteiger partial charge in [-0.1, -0.05) is 48.9 Å². The fourth-order valence-electron chi connectivity index (χ4n) is 4.37. The van der Waals surface area contributed by atoms with Crippen molar-refractivity contribution in [3.63, 3.8) is 0 Å². The highest BCUT2D eigenvalue weighted by Crippen LogP contribution is 2.34. The van der Waals surface area contributed by atoms with E-state index in [2.05, 4.69) is 26.6 Å². The van der Waals surface area contributed by atoms with Crippen LogP contribution in [0.1, 0.15) is 54.4 Å². The molecule has 4 rings (SSSR count). The Hall–Kier alpha value is -3.43. The van der Waals surface area contributed by atoms with Crippen LogP contribution in [0.3, 0.4) is 0 Å². The zero-order chi connectivity index (χ0) is 23.8. The number of hydrogen-bond donors (Lipinski definition) is 1. The first-order valence-corrected chi connectivity index (χ1v) is 10.6. The summed E-state index contributed by atoms with van der Waals surface area (Å²) >= 11 is 0. The van der Waals surface area contributed by atoms with Gasteiger partial charge >= 0.3 is 12.1 Å². The van der Waals surface area contributed by atoms with Gasteiger partial charge in [0, 0.05) is 29.3 Å². The third-order valence-electron chi connectivity index (χ3n) is 6.04. The van der Waals surface area contributed by atoms with Crippen molar-refractivity contribution >= 4 is 11.8 Å². The molecule has 1 aliphatic heterocycles. The third-order valence-corrected chi connectivity index (χ3v) is 6.04. The number of carbonyl (C=O) groups is 2. The van der Waals surface area contributed by atoms with Gasteiger partial charge in [0.05, 0.1) is 6.04 Å². The van der Waals surface area contributed by atoms with Gasteiger partial charge in [0.15, 0.2) is 0 Å². The largest absolute Gasteiger partial charge is 0.471 e. The maximum Gasteiger partial charge on any atom is 0.471 e. The van der Waals surface area contributed by atoms with Gasteiger partial charge in [-0.2, -0.15) is 18.2 Å². The lowest BCUT2D eigenvalue weighted by Gasteiger charge is -2.38. The van der Waals surface area contributed by atoms with Crippen LogP contribution < -0.4 is 5.32 Å². The maximum absolute atomic E-state index is 13.3.